The van der Waals surface area contributed by atoms with Crippen LogP contribution >= 0.6 is 47.8 Å². The number of anilines is 1. The molecule has 26 heavy (non-hydrogen) atoms. The van der Waals surface area contributed by atoms with Crippen LogP contribution in [0, 0.1) is 0 Å². The van der Waals surface area contributed by atoms with E-state index in [2.05, 4.69) is 47.8 Å². The zero-order chi connectivity index (χ0) is 18.7. The summed E-state index contributed by atoms with van der Waals surface area (Å²) in [6, 6.07) is 11.8. The molecular weight excluding hydrogens is 528 g/mol. The largest absolute Gasteiger partial charge is 0.397 e. The Labute approximate surface area is 177 Å². The molecule has 0 aromatic heterocycles. The molecule has 7 heteroatoms. The number of rotatable bonds is 3. The Balaban J connectivity index is 2.05. The van der Waals surface area contributed by atoms with Gasteiger partial charge in [0, 0.05) is 32.6 Å². The number of carbonyl (C=O) groups excluding carboxylic acids is 1. The van der Waals surface area contributed by atoms with E-state index < -0.39 is 0 Å². The van der Waals surface area contributed by atoms with Crippen molar-refractivity contribution in [3.8, 4) is 0 Å². The molecule has 2 aromatic rings. The van der Waals surface area contributed by atoms with Crippen LogP contribution in [0.2, 0.25) is 0 Å². The highest BCUT2D eigenvalue weighted by Crippen LogP contribution is 2.34. The smallest absolute Gasteiger partial charge is 0.247 e. The Morgan fingerprint density at radius 1 is 1.00 bits per heavy atom. The summed E-state index contributed by atoms with van der Waals surface area (Å²) in [6.07, 6.45) is 1.69. The Morgan fingerprint density at radius 2 is 1.58 bits per heavy atom. The minimum Gasteiger partial charge on any atom is -0.397 e. The highest BCUT2D eigenvalue weighted by atomic mass is 79.9. The van der Waals surface area contributed by atoms with Gasteiger partial charge in [-0.25, -0.2) is 0 Å². The topological polar surface area (TPSA) is 55.6 Å². The first-order chi connectivity index (χ1) is 12.5. The second-order valence-electron chi connectivity index (χ2n) is 5.86. The van der Waals surface area contributed by atoms with E-state index in [0.717, 1.165) is 30.1 Å². The number of hydrogen-bond donors (Lipinski definition) is 1. The summed E-state index contributed by atoms with van der Waals surface area (Å²) in [5, 5.41) is 0. The predicted octanol–water partition coefficient (Wildman–Crippen LogP) is 4.85. The fourth-order valence-electron chi connectivity index (χ4n) is 2.70. The zero-order valence-electron chi connectivity index (χ0n) is 13.8. The van der Waals surface area contributed by atoms with Crippen molar-refractivity contribution < 1.29 is 9.53 Å². The van der Waals surface area contributed by atoms with Crippen LogP contribution in [0.25, 0.3) is 5.57 Å². The maximum absolute atomic E-state index is 12.8. The van der Waals surface area contributed by atoms with Gasteiger partial charge in [0.25, 0.3) is 0 Å². The Kier molecular flexibility index (Phi) is 6.55. The molecule has 0 aliphatic carbocycles. The number of benzene rings is 2. The van der Waals surface area contributed by atoms with Crippen LogP contribution in [0.5, 0.6) is 0 Å². The van der Waals surface area contributed by atoms with Gasteiger partial charge in [0.1, 0.15) is 0 Å². The molecule has 1 aliphatic rings. The summed E-state index contributed by atoms with van der Waals surface area (Å²) in [7, 11) is 0. The summed E-state index contributed by atoms with van der Waals surface area (Å²) < 4.78 is 7.88. The van der Waals surface area contributed by atoms with E-state index in [0.29, 0.717) is 32.0 Å². The second-order valence-corrected chi connectivity index (χ2v) is 8.48. The van der Waals surface area contributed by atoms with E-state index in [9.17, 15) is 4.79 Å². The number of nitrogens with zero attached hydrogens (tertiary/aromatic N) is 1. The average Bonchev–Trinajstić information content (AvgIpc) is 2.65. The van der Waals surface area contributed by atoms with Gasteiger partial charge >= 0.3 is 0 Å². The molecule has 4 nitrogen and oxygen atoms in total. The summed E-state index contributed by atoms with van der Waals surface area (Å²) in [5.41, 5.74) is 9.35. The molecule has 0 spiro atoms. The van der Waals surface area contributed by atoms with Gasteiger partial charge in [-0.1, -0.05) is 28.1 Å². The van der Waals surface area contributed by atoms with Crippen LogP contribution in [0.15, 0.2) is 55.9 Å². The lowest BCUT2D eigenvalue weighted by atomic mass is 9.97. The van der Waals surface area contributed by atoms with Gasteiger partial charge in [0.05, 0.1) is 18.9 Å². The third kappa shape index (κ3) is 4.57. The van der Waals surface area contributed by atoms with Gasteiger partial charge in [-0.3, -0.25) is 4.79 Å². The molecule has 0 atom stereocenters. The number of nitrogens with two attached hydrogens (primary N) is 1. The van der Waals surface area contributed by atoms with Crippen molar-refractivity contribution in [2.75, 3.05) is 32.0 Å². The monoisotopic (exact) mass is 542 g/mol. The maximum Gasteiger partial charge on any atom is 0.247 e. The van der Waals surface area contributed by atoms with Crippen molar-refractivity contribution >= 4 is 65.0 Å². The van der Waals surface area contributed by atoms with Crippen LogP contribution in [0.1, 0.15) is 11.1 Å². The highest BCUT2D eigenvalue weighted by Gasteiger charge is 2.18. The number of morpholine rings is 1. The normalized spacial score (nSPS) is 15.2. The summed E-state index contributed by atoms with van der Waals surface area (Å²) >= 11 is 10.4. The van der Waals surface area contributed by atoms with Gasteiger partial charge in [-0.05, 0) is 72.8 Å². The fraction of sp³-hybridized carbons (Fsp3) is 0.211. The highest BCUT2D eigenvalue weighted by molar-refractivity contribution is 9.11. The van der Waals surface area contributed by atoms with Crippen molar-refractivity contribution in [3.05, 3.63) is 67.0 Å². The van der Waals surface area contributed by atoms with Crippen LogP contribution in [-0.2, 0) is 9.53 Å². The Hall–Kier alpha value is -1.15. The number of nitrogen functional groups attached to an aromatic ring is 1. The van der Waals surface area contributed by atoms with E-state index in [4.69, 9.17) is 10.5 Å². The molecule has 3 rings (SSSR count). The first-order valence-corrected chi connectivity index (χ1v) is 10.4. The molecule has 0 radical (unpaired) electrons. The summed E-state index contributed by atoms with van der Waals surface area (Å²) in [5.74, 6) is -0.0183. The van der Waals surface area contributed by atoms with Gasteiger partial charge < -0.3 is 15.4 Å². The third-order valence-corrected chi connectivity index (χ3v) is 5.98. The number of amides is 1. The molecular formula is C19H17Br3N2O2. The fourth-order valence-corrected chi connectivity index (χ4v) is 4.15. The van der Waals surface area contributed by atoms with Gasteiger partial charge in [0.15, 0.2) is 0 Å². The minimum atomic E-state index is -0.0183. The lowest BCUT2D eigenvalue weighted by Gasteiger charge is -2.26. The molecule has 1 heterocycles. The van der Waals surface area contributed by atoms with E-state index >= 15 is 0 Å². The second kappa shape index (κ2) is 8.69. The molecule has 1 fully saturated rings. The van der Waals surface area contributed by atoms with Crippen molar-refractivity contribution in [1.29, 1.82) is 0 Å². The van der Waals surface area contributed by atoms with E-state index in [-0.39, 0.29) is 5.91 Å². The summed E-state index contributed by atoms with van der Waals surface area (Å²) in [6.45, 7) is 2.37. The van der Waals surface area contributed by atoms with Crippen LogP contribution in [-0.4, -0.2) is 37.1 Å². The molecule has 0 saturated carbocycles. The standard InChI is InChI=1S/C19H17Br3N2O2/c20-14-3-1-12(2-4-14)15(11-18(25)24-5-7-26-8-6-24)13-9-16(21)19(23)17(22)10-13/h1-4,9-11H,5-8,23H2. The molecule has 2 N–H and O–H groups in total. The number of ether oxygens (including phenoxy) is 1. The van der Waals surface area contributed by atoms with Gasteiger partial charge in [0.2, 0.25) is 5.91 Å². The Bertz CT molecular complexity index is 821. The zero-order valence-corrected chi connectivity index (χ0v) is 18.6. The first kappa shape index (κ1) is 19.6. The van der Waals surface area contributed by atoms with Gasteiger partial charge in [-0.2, -0.15) is 0 Å². The van der Waals surface area contributed by atoms with E-state index in [1.807, 2.05) is 41.3 Å². The number of hydrogen-bond acceptors (Lipinski definition) is 3. The molecule has 1 amide bonds. The quantitative estimate of drug-likeness (QED) is 0.444. The lowest BCUT2D eigenvalue weighted by Crippen LogP contribution is -2.39. The number of carbonyl (C=O) groups is 1. The van der Waals surface area contributed by atoms with E-state index in [1.54, 1.807) is 6.08 Å². The predicted molar refractivity (Wildman–Crippen MR) is 115 cm³/mol. The Morgan fingerprint density at radius 3 is 2.15 bits per heavy atom. The molecule has 0 unspecified atom stereocenters. The minimum absolute atomic E-state index is 0.0183. The van der Waals surface area contributed by atoms with Crippen LogP contribution in [0.3, 0.4) is 0 Å². The molecule has 1 aliphatic heterocycles. The molecule has 136 valence electrons. The van der Waals surface area contributed by atoms with Gasteiger partial charge in [-0.15, -0.1) is 0 Å². The van der Waals surface area contributed by atoms with E-state index in [1.165, 1.54) is 0 Å². The van der Waals surface area contributed by atoms with Crippen molar-refractivity contribution in [2.45, 2.75) is 0 Å². The summed E-state index contributed by atoms with van der Waals surface area (Å²) in [4.78, 5) is 14.6. The average molecular weight is 545 g/mol. The third-order valence-electron chi connectivity index (χ3n) is 4.14. The van der Waals surface area contributed by atoms with Crippen molar-refractivity contribution in [2.24, 2.45) is 0 Å². The first-order valence-electron chi connectivity index (χ1n) is 8.05. The maximum atomic E-state index is 12.8. The van der Waals surface area contributed by atoms with Crippen LogP contribution in [0.4, 0.5) is 5.69 Å². The molecule has 2 aromatic carbocycles. The van der Waals surface area contributed by atoms with Crippen molar-refractivity contribution in [1.82, 2.24) is 4.90 Å². The number of halogens is 3. The lowest BCUT2D eigenvalue weighted by molar-refractivity contribution is -0.129. The molecule has 1 saturated heterocycles. The van der Waals surface area contributed by atoms with Crippen LogP contribution < -0.4 is 5.73 Å². The SMILES string of the molecule is Nc1c(Br)cc(C(=CC(=O)N2CCOCC2)c2ccc(Br)cc2)cc1Br. The molecule has 0 bridgehead atoms. The van der Waals surface area contributed by atoms with Crippen molar-refractivity contribution in [3.63, 3.8) is 0 Å².